The summed E-state index contributed by atoms with van der Waals surface area (Å²) < 4.78 is 55.4. The summed E-state index contributed by atoms with van der Waals surface area (Å²) in [6.45, 7) is 12.2. The molecule has 8 aromatic carbocycles. The summed E-state index contributed by atoms with van der Waals surface area (Å²) in [4.78, 5) is 13.1. The van der Waals surface area contributed by atoms with Crippen molar-refractivity contribution >= 4 is 61.3 Å². The van der Waals surface area contributed by atoms with E-state index in [9.17, 15) is 2.74 Å². The SMILES string of the molecule is [2H]c1c(-c2ccccc2)c(N2CN(c3cc([N+]#[C-])cc(Oc4ccc5c6ccccc6n(-c6nc7ccccc7n6C([2H])([2H])[2H])c5c4)c3)c3ccccc32)c(-c2ccccc2)c([2H])c1C(C)(C)C. The zero-order valence-corrected chi connectivity index (χ0v) is 35.0. The number of imidazole rings is 1. The van der Waals surface area contributed by atoms with Crippen LogP contribution in [-0.2, 0) is 12.4 Å². The Balaban J connectivity index is 1.05. The first kappa shape index (κ1) is 32.7. The zero-order valence-electron chi connectivity index (χ0n) is 40.0. The second-order valence-electron chi connectivity index (χ2n) is 16.9. The number of fused-ring (bicyclic) bond motifs is 5. The fourth-order valence-corrected chi connectivity index (χ4v) is 8.80. The molecule has 0 saturated heterocycles. The first-order valence-corrected chi connectivity index (χ1v) is 20.9. The van der Waals surface area contributed by atoms with Gasteiger partial charge < -0.3 is 19.1 Å². The van der Waals surface area contributed by atoms with Crippen LogP contribution in [0.4, 0.5) is 28.4 Å². The second-order valence-corrected chi connectivity index (χ2v) is 16.9. The number of benzene rings is 8. The van der Waals surface area contributed by atoms with E-state index in [1.54, 1.807) is 12.1 Å². The predicted molar refractivity (Wildman–Crippen MR) is 259 cm³/mol. The number of rotatable bonds is 7. The summed E-state index contributed by atoms with van der Waals surface area (Å²) in [7, 11) is 0. The van der Waals surface area contributed by atoms with Crippen molar-refractivity contribution in [2.45, 2.75) is 26.2 Å². The second kappa shape index (κ2) is 14.8. The fourth-order valence-electron chi connectivity index (χ4n) is 8.80. The highest BCUT2D eigenvalue weighted by molar-refractivity contribution is 6.09. The van der Waals surface area contributed by atoms with E-state index >= 15 is 0 Å². The Kier molecular flexibility index (Phi) is 7.69. The van der Waals surface area contributed by atoms with Crippen molar-refractivity contribution in [3.8, 4) is 39.7 Å². The van der Waals surface area contributed by atoms with E-state index in [1.807, 2.05) is 150 Å². The van der Waals surface area contributed by atoms with Gasteiger partial charge in [-0.25, -0.2) is 9.83 Å². The Hall–Kier alpha value is -8.08. The predicted octanol–water partition coefficient (Wildman–Crippen LogP) is 14.9. The van der Waals surface area contributed by atoms with Crippen LogP contribution < -0.4 is 14.5 Å². The van der Waals surface area contributed by atoms with Gasteiger partial charge in [-0.15, -0.1) is 0 Å². The van der Waals surface area contributed by atoms with Crippen LogP contribution in [0.1, 0.15) is 33.2 Å². The quantitative estimate of drug-likeness (QED) is 0.150. The van der Waals surface area contributed by atoms with E-state index in [4.69, 9.17) is 20.4 Å². The molecular weight excluding hydrogens is 773 g/mol. The number of ether oxygens (including phenoxy) is 1. The highest BCUT2D eigenvalue weighted by atomic mass is 16.5. The molecule has 63 heavy (non-hydrogen) atoms. The monoisotopic (exact) mass is 821 g/mol. The molecule has 0 saturated carbocycles. The zero-order chi connectivity index (χ0) is 47.1. The normalized spacial score (nSPS) is 14.0. The van der Waals surface area contributed by atoms with Crippen molar-refractivity contribution in [3.05, 3.63) is 199 Å². The Morgan fingerprint density at radius 2 is 1.25 bits per heavy atom. The van der Waals surface area contributed by atoms with Crippen LogP contribution in [0.3, 0.4) is 0 Å². The van der Waals surface area contributed by atoms with Crippen LogP contribution in [0.15, 0.2) is 182 Å². The van der Waals surface area contributed by atoms with Gasteiger partial charge in [-0.1, -0.05) is 124 Å². The van der Waals surface area contributed by atoms with Crippen LogP contribution in [0, 0.1) is 6.57 Å². The molecule has 304 valence electrons. The maximum absolute atomic E-state index is 9.90. The van der Waals surface area contributed by atoms with E-state index in [1.165, 1.54) is 4.57 Å². The van der Waals surface area contributed by atoms with Crippen LogP contribution in [0.5, 0.6) is 11.5 Å². The van der Waals surface area contributed by atoms with Crippen LogP contribution in [0.25, 0.3) is 65.9 Å². The van der Waals surface area contributed by atoms with Gasteiger partial charge in [-0.05, 0) is 88.8 Å². The van der Waals surface area contributed by atoms with Crippen molar-refractivity contribution in [1.82, 2.24) is 14.1 Å². The first-order chi connectivity index (χ1) is 32.8. The largest absolute Gasteiger partial charge is 0.459 e. The maximum Gasteiger partial charge on any atom is 0.215 e. The molecular formula is C56H44N6O. The molecule has 11 rings (SSSR count). The average molecular weight is 822 g/mol. The van der Waals surface area contributed by atoms with Crippen LogP contribution in [-0.4, -0.2) is 20.8 Å². The van der Waals surface area contributed by atoms with Gasteiger partial charge >= 0.3 is 0 Å². The fraction of sp³-hybridized carbons (Fsp3) is 0.107. The molecule has 2 aromatic heterocycles. The molecule has 0 aliphatic carbocycles. The van der Waals surface area contributed by atoms with E-state index < -0.39 is 12.4 Å². The minimum absolute atomic E-state index is 0.262. The first-order valence-electron chi connectivity index (χ1n) is 23.4. The summed E-state index contributed by atoms with van der Waals surface area (Å²) in [6.07, 6.45) is 0. The lowest BCUT2D eigenvalue weighted by Crippen LogP contribution is -2.25. The molecule has 7 heteroatoms. The summed E-state index contributed by atoms with van der Waals surface area (Å²) in [5.41, 5.74) is 9.61. The van der Waals surface area contributed by atoms with Gasteiger partial charge in [0, 0.05) is 50.8 Å². The van der Waals surface area contributed by atoms with Gasteiger partial charge in [0.25, 0.3) is 0 Å². The molecule has 1 aliphatic rings. The molecule has 0 N–H and O–H groups in total. The topological polar surface area (TPSA) is 42.8 Å². The standard InChI is InChI=1S/C56H44N6O/c1-56(2,3)39-30-46(37-18-8-6-9-19-37)54(47(31-39)38-20-10-7-11-21-38)61-36-60(51-26-16-17-27-52(51)61)41-32-40(57-4)33-43(34-41)63-42-28-29-45-44-22-12-14-24-49(44)62(53(45)35-42)55-58-48-23-13-15-25-50(48)59(55)5/h6-35H,36H2,1-3,5H3/i5D3,30D,31D. The number of aryl methyl sites for hydroxylation is 1. The third-order valence-corrected chi connectivity index (χ3v) is 11.8. The minimum Gasteiger partial charge on any atom is -0.459 e. The van der Waals surface area contributed by atoms with E-state index in [-0.39, 0.29) is 5.95 Å². The number of nitrogens with zero attached hydrogens (tertiary/aromatic N) is 6. The van der Waals surface area contributed by atoms with Gasteiger partial charge in [-0.3, -0.25) is 4.57 Å². The minimum atomic E-state index is -2.52. The van der Waals surface area contributed by atoms with Gasteiger partial charge in [0.05, 0.1) is 48.4 Å². The maximum atomic E-state index is 9.90. The van der Waals surface area contributed by atoms with Crippen molar-refractivity contribution in [1.29, 1.82) is 0 Å². The molecule has 7 nitrogen and oxygen atoms in total. The third kappa shape index (κ3) is 6.47. The molecule has 1 aliphatic heterocycles. The van der Waals surface area contributed by atoms with Crippen LogP contribution >= 0.6 is 0 Å². The molecule has 0 bridgehead atoms. The highest BCUT2D eigenvalue weighted by Gasteiger charge is 2.33. The summed E-state index contributed by atoms with van der Waals surface area (Å²) in [6, 6.07) is 55.1. The van der Waals surface area contributed by atoms with Gasteiger partial charge in [0.1, 0.15) is 18.2 Å². The van der Waals surface area contributed by atoms with Crippen molar-refractivity contribution < 1.29 is 11.6 Å². The lowest BCUT2D eigenvalue weighted by molar-refractivity contribution is 0.483. The Morgan fingerprint density at radius 1 is 0.635 bits per heavy atom. The molecule has 0 radical (unpaired) electrons. The summed E-state index contributed by atoms with van der Waals surface area (Å²) >= 11 is 0. The highest BCUT2D eigenvalue weighted by Crippen LogP contribution is 2.52. The lowest BCUT2D eigenvalue weighted by Gasteiger charge is -2.30. The molecule has 0 fully saturated rings. The van der Waals surface area contributed by atoms with Crippen LogP contribution in [0.2, 0.25) is 0 Å². The number of para-hydroxylation sites is 5. The van der Waals surface area contributed by atoms with Crippen molar-refractivity contribution in [2.75, 3.05) is 16.5 Å². The van der Waals surface area contributed by atoms with Gasteiger partial charge in [0.2, 0.25) is 5.95 Å². The number of anilines is 4. The van der Waals surface area contributed by atoms with E-state index in [0.717, 1.165) is 61.3 Å². The Labute approximate surface area is 374 Å². The van der Waals surface area contributed by atoms with E-state index in [2.05, 4.69) is 47.5 Å². The molecule has 10 aromatic rings. The molecule has 0 unspecified atom stereocenters. The van der Waals surface area contributed by atoms with Gasteiger partial charge in [-0.2, -0.15) is 0 Å². The third-order valence-electron chi connectivity index (χ3n) is 11.8. The molecule has 0 amide bonds. The molecule has 0 atom stereocenters. The average Bonchev–Trinajstić information content (AvgIpc) is 4.01. The van der Waals surface area contributed by atoms with E-state index in [0.29, 0.717) is 58.1 Å². The van der Waals surface area contributed by atoms with Gasteiger partial charge in [0.15, 0.2) is 5.69 Å². The number of aromatic nitrogens is 3. The summed E-state index contributed by atoms with van der Waals surface area (Å²) in [5, 5.41) is 1.83. The molecule has 0 spiro atoms. The smallest absolute Gasteiger partial charge is 0.215 e. The van der Waals surface area contributed by atoms with Crippen molar-refractivity contribution in [3.63, 3.8) is 0 Å². The Morgan fingerprint density at radius 3 is 1.94 bits per heavy atom. The summed E-state index contributed by atoms with van der Waals surface area (Å²) in [5.74, 6) is 1.19. The van der Waals surface area contributed by atoms with Crippen molar-refractivity contribution in [2.24, 2.45) is 6.98 Å². The number of hydrogen-bond acceptors (Lipinski definition) is 4. The molecule has 3 heterocycles. The number of hydrogen-bond donors (Lipinski definition) is 0. The Bertz CT molecular complexity index is 3590. The lowest BCUT2D eigenvalue weighted by atomic mass is 9.82.